The zero-order chi connectivity index (χ0) is 23.5. The van der Waals surface area contributed by atoms with Crippen molar-refractivity contribution in [2.75, 3.05) is 7.11 Å². The average Bonchev–Trinajstić information content (AvgIpc) is 2.70. The Balaban J connectivity index is 2.04. The number of esters is 1. The van der Waals surface area contributed by atoms with Crippen LogP contribution >= 0.6 is 0 Å². The first-order valence-electron chi connectivity index (χ1n) is 8.76. The molecule has 1 heterocycles. The molecular formula is C21H13F6NO4. The molecule has 3 rings (SSSR count). The van der Waals surface area contributed by atoms with Crippen LogP contribution in [0.5, 0.6) is 11.5 Å². The zero-order valence-corrected chi connectivity index (χ0v) is 16.1. The minimum atomic E-state index is -4.91. The SMILES string of the molecule is COC(=O)c1cc(-c2cccc(OC(F)(F)F)c2)cnc1-c1cccc(OC(F)(F)F)c1. The van der Waals surface area contributed by atoms with Crippen molar-refractivity contribution in [2.45, 2.75) is 12.7 Å². The van der Waals surface area contributed by atoms with Gasteiger partial charge in [0.2, 0.25) is 0 Å². The molecule has 0 N–H and O–H groups in total. The summed E-state index contributed by atoms with van der Waals surface area (Å²) in [5.41, 5.74) is 0.523. The van der Waals surface area contributed by atoms with Gasteiger partial charge in [-0.2, -0.15) is 0 Å². The van der Waals surface area contributed by atoms with Crippen LogP contribution in [-0.4, -0.2) is 30.8 Å². The minimum absolute atomic E-state index is 0.00378. The fourth-order valence-electron chi connectivity index (χ4n) is 2.83. The largest absolute Gasteiger partial charge is 0.573 e. The van der Waals surface area contributed by atoms with Gasteiger partial charge in [-0.25, -0.2) is 4.79 Å². The standard InChI is InChI=1S/C21H13F6NO4/c1-30-19(29)17-10-14(12-4-2-6-15(8-12)31-20(22,23)24)11-28-18(17)13-5-3-7-16(9-13)32-21(25,26)27/h2-11H,1H3. The minimum Gasteiger partial charge on any atom is -0.465 e. The van der Waals surface area contributed by atoms with E-state index in [1.165, 1.54) is 36.5 Å². The molecule has 3 aromatic rings. The summed E-state index contributed by atoms with van der Waals surface area (Å²) < 4.78 is 87.5. The van der Waals surface area contributed by atoms with Crippen molar-refractivity contribution < 1.29 is 45.3 Å². The van der Waals surface area contributed by atoms with E-state index in [4.69, 9.17) is 4.74 Å². The number of rotatable bonds is 5. The highest BCUT2D eigenvalue weighted by Gasteiger charge is 2.32. The predicted octanol–water partition coefficient (Wildman–Crippen LogP) is 6.00. The molecule has 0 aliphatic rings. The molecule has 32 heavy (non-hydrogen) atoms. The Bertz CT molecular complexity index is 1130. The number of carbonyl (C=O) groups excluding carboxylic acids is 1. The van der Waals surface area contributed by atoms with Gasteiger partial charge < -0.3 is 14.2 Å². The molecule has 0 radical (unpaired) electrons. The first-order valence-corrected chi connectivity index (χ1v) is 8.76. The van der Waals surface area contributed by atoms with E-state index in [-0.39, 0.29) is 27.9 Å². The van der Waals surface area contributed by atoms with Gasteiger partial charge in [0.25, 0.3) is 0 Å². The molecule has 0 saturated heterocycles. The number of aromatic nitrogens is 1. The van der Waals surface area contributed by atoms with Crippen LogP contribution in [0, 0.1) is 0 Å². The lowest BCUT2D eigenvalue weighted by Crippen LogP contribution is -2.17. The van der Waals surface area contributed by atoms with Crippen LogP contribution in [0.15, 0.2) is 60.8 Å². The summed E-state index contributed by atoms with van der Waals surface area (Å²) >= 11 is 0. The normalized spacial score (nSPS) is 11.7. The molecular weight excluding hydrogens is 444 g/mol. The van der Waals surface area contributed by atoms with E-state index in [2.05, 4.69) is 14.5 Å². The first kappa shape index (κ1) is 22.9. The summed E-state index contributed by atoms with van der Waals surface area (Å²) in [5.74, 6) is -1.84. The Labute approximate surface area is 177 Å². The summed E-state index contributed by atoms with van der Waals surface area (Å²) in [5, 5.41) is 0. The number of alkyl halides is 6. The van der Waals surface area contributed by atoms with E-state index in [0.717, 1.165) is 31.4 Å². The van der Waals surface area contributed by atoms with Crippen LogP contribution in [0.4, 0.5) is 26.3 Å². The molecule has 1 aromatic heterocycles. The quantitative estimate of drug-likeness (QED) is 0.348. The van der Waals surface area contributed by atoms with Gasteiger partial charge >= 0.3 is 18.7 Å². The number of hydrogen-bond acceptors (Lipinski definition) is 5. The molecule has 0 saturated carbocycles. The maximum absolute atomic E-state index is 12.5. The van der Waals surface area contributed by atoms with Crippen LogP contribution in [0.1, 0.15) is 10.4 Å². The Kier molecular flexibility index (Phi) is 6.28. The number of ether oxygens (including phenoxy) is 3. The van der Waals surface area contributed by atoms with E-state index >= 15 is 0 Å². The molecule has 0 bridgehead atoms. The monoisotopic (exact) mass is 457 g/mol. The number of benzene rings is 2. The second kappa shape index (κ2) is 8.77. The summed E-state index contributed by atoms with van der Waals surface area (Å²) in [6.45, 7) is 0. The lowest BCUT2D eigenvalue weighted by molar-refractivity contribution is -0.275. The molecule has 168 valence electrons. The van der Waals surface area contributed by atoms with Crippen LogP contribution in [-0.2, 0) is 4.74 Å². The van der Waals surface area contributed by atoms with Crippen LogP contribution in [0.3, 0.4) is 0 Å². The number of methoxy groups -OCH3 is 1. The highest BCUT2D eigenvalue weighted by atomic mass is 19.4. The summed E-state index contributed by atoms with van der Waals surface area (Å²) in [6.07, 6.45) is -8.54. The smallest absolute Gasteiger partial charge is 0.465 e. The maximum Gasteiger partial charge on any atom is 0.573 e. The van der Waals surface area contributed by atoms with Gasteiger partial charge in [0.05, 0.1) is 18.4 Å². The van der Waals surface area contributed by atoms with Gasteiger partial charge in [0, 0.05) is 17.3 Å². The second-order valence-corrected chi connectivity index (χ2v) is 6.26. The molecule has 2 aromatic carbocycles. The van der Waals surface area contributed by atoms with Gasteiger partial charge in [-0.05, 0) is 35.9 Å². The number of pyridine rings is 1. The third-order valence-corrected chi connectivity index (χ3v) is 4.04. The van der Waals surface area contributed by atoms with Crippen molar-refractivity contribution in [2.24, 2.45) is 0 Å². The van der Waals surface area contributed by atoms with Crippen molar-refractivity contribution in [3.63, 3.8) is 0 Å². The number of hydrogen-bond donors (Lipinski definition) is 0. The topological polar surface area (TPSA) is 57.7 Å². The van der Waals surface area contributed by atoms with E-state index in [1.54, 1.807) is 0 Å². The van der Waals surface area contributed by atoms with Crippen molar-refractivity contribution >= 4 is 5.97 Å². The van der Waals surface area contributed by atoms with E-state index < -0.39 is 30.2 Å². The Morgan fingerprint density at radius 3 is 1.84 bits per heavy atom. The Morgan fingerprint density at radius 2 is 1.31 bits per heavy atom. The lowest BCUT2D eigenvalue weighted by Gasteiger charge is -2.13. The van der Waals surface area contributed by atoms with Gasteiger partial charge in [0.15, 0.2) is 0 Å². The van der Waals surface area contributed by atoms with Gasteiger partial charge in [-0.3, -0.25) is 4.98 Å². The molecule has 0 atom stereocenters. The second-order valence-electron chi connectivity index (χ2n) is 6.26. The van der Waals surface area contributed by atoms with Crippen molar-refractivity contribution in [3.8, 4) is 33.9 Å². The molecule has 0 unspecified atom stereocenters. The summed E-state index contributed by atoms with van der Waals surface area (Å²) in [4.78, 5) is 16.4. The summed E-state index contributed by atoms with van der Waals surface area (Å²) in [7, 11) is 1.10. The predicted molar refractivity (Wildman–Crippen MR) is 99.8 cm³/mol. The number of halogens is 6. The first-order chi connectivity index (χ1) is 14.9. The van der Waals surface area contributed by atoms with E-state index in [0.29, 0.717) is 0 Å². The van der Waals surface area contributed by atoms with Crippen molar-refractivity contribution in [1.82, 2.24) is 4.98 Å². The molecule has 0 fully saturated rings. The van der Waals surface area contributed by atoms with Gasteiger partial charge in [-0.15, -0.1) is 26.3 Å². The van der Waals surface area contributed by atoms with E-state index in [1.807, 2.05) is 0 Å². The van der Waals surface area contributed by atoms with Crippen LogP contribution in [0.2, 0.25) is 0 Å². The van der Waals surface area contributed by atoms with Crippen molar-refractivity contribution in [1.29, 1.82) is 0 Å². The maximum atomic E-state index is 12.5. The zero-order valence-electron chi connectivity index (χ0n) is 16.1. The van der Waals surface area contributed by atoms with E-state index in [9.17, 15) is 31.1 Å². The highest BCUT2D eigenvalue weighted by Crippen LogP contribution is 2.33. The van der Waals surface area contributed by atoms with Gasteiger partial charge in [0.1, 0.15) is 11.5 Å². The molecule has 0 spiro atoms. The molecule has 11 heteroatoms. The average molecular weight is 457 g/mol. The van der Waals surface area contributed by atoms with Crippen LogP contribution < -0.4 is 9.47 Å². The third-order valence-electron chi connectivity index (χ3n) is 4.04. The summed E-state index contributed by atoms with van der Waals surface area (Å²) in [6, 6.07) is 11.1. The Hall–Kier alpha value is -3.76. The fourth-order valence-corrected chi connectivity index (χ4v) is 2.83. The highest BCUT2D eigenvalue weighted by molar-refractivity contribution is 5.97. The fraction of sp³-hybridized carbons (Fsp3) is 0.143. The van der Waals surface area contributed by atoms with Crippen molar-refractivity contribution in [3.05, 3.63) is 66.4 Å². The third kappa shape index (κ3) is 5.90. The molecule has 5 nitrogen and oxygen atoms in total. The van der Waals surface area contributed by atoms with Crippen LogP contribution in [0.25, 0.3) is 22.4 Å². The van der Waals surface area contributed by atoms with Gasteiger partial charge in [-0.1, -0.05) is 24.3 Å². The molecule has 0 amide bonds. The lowest BCUT2D eigenvalue weighted by atomic mass is 10.0. The Morgan fingerprint density at radius 1 is 0.781 bits per heavy atom. The number of carbonyl (C=O) groups is 1. The molecule has 0 aliphatic carbocycles. The molecule has 0 aliphatic heterocycles. The number of nitrogens with zero attached hydrogens (tertiary/aromatic N) is 1.